The number of rotatable bonds is 14. The van der Waals surface area contributed by atoms with Crippen LogP contribution in [0.15, 0.2) is 24.3 Å². The average Bonchev–Trinajstić information content (AvgIpc) is 2.47. The summed E-state index contributed by atoms with van der Waals surface area (Å²) in [5, 5.41) is 20.7. The maximum Gasteiger partial charge on any atom is 0.308 e. The molecule has 2 unspecified atom stereocenters. The lowest BCUT2D eigenvalue weighted by Gasteiger charge is -2.29. The Hall–Kier alpha value is -1.66. The van der Waals surface area contributed by atoms with Gasteiger partial charge in [-0.25, -0.2) is 0 Å². The Morgan fingerprint density at radius 1 is 1.04 bits per heavy atom. The first kappa shape index (κ1) is 24.3. The minimum absolute atomic E-state index is 0.151. The summed E-state index contributed by atoms with van der Waals surface area (Å²) in [5.41, 5.74) is 0. The quantitative estimate of drug-likeness (QED) is 0.217. The van der Waals surface area contributed by atoms with Gasteiger partial charge in [-0.2, -0.15) is 0 Å². The van der Waals surface area contributed by atoms with E-state index in [2.05, 4.69) is 19.1 Å². The number of carboxylic acid groups (broad SMARTS) is 1. The Kier molecular flexibility index (Phi) is 12.7. The maximum absolute atomic E-state index is 11.9. The molecule has 0 aromatic rings. The number of aliphatic carboxylic acids is 1. The molecular formula is C20H35NO5. The van der Waals surface area contributed by atoms with Crippen LogP contribution < -0.4 is 5.11 Å². The van der Waals surface area contributed by atoms with Gasteiger partial charge in [-0.3, -0.25) is 4.79 Å². The fourth-order valence-corrected chi connectivity index (χ4v) is 2.42. The Balaban J connectivity index is 4.19. The number of aliphatic hydroxyl groups is 1. The van der Waals surface area contributed by atoms with Gasteiger partial charge in [-0.05, 0) is 25.7 Å². The van der Waals surface area contributed by atoms with Crippen LogP contribution in [0.2, 0.25) is 0 Å². The number of esters is 1. The highest BCUT2D eigenvalue weighted by Crippen LogP contribution is 2.09. The highest BCUT2D eigenvalue weighted by Gasteiger charge is 2.23. The predicted molar refractivity (Wildman–Crippen MR) is 100 cm³/mol. The number of carbonyl (C=O) groups excluding carboxylic acids is 2. The van der Waals surface area contributed by atoms with Gasteiger partial charge in [0.05, 0.1) is 33.7 Å². The zero-order chi connectivity index (χ0) is 20.0. The van der Waals surface area contributed by atoms with E-state index >= 15 is 0 Å². The lowest BCUT2D eigenvalue weighted by Crippen LogP contribution is -2.45. The van der Waals surface area contributed by atoms with Crippen molar-refractivity contribution in [3.63, 3.8) is 0 Å². The van der Waals surface area contributed by atoms with Gasteiger partial charge in [0, 0.05) is 12.4 Å². The number of quaternary nitrogens is 1. The van der Waals surface area contributed by atoms with E-state index in [9.17, 15) is 19.8 Å². The predicted octanol–water partition coefficient (Wildman–Crippen LogP) is 1.58. The summed E-state index contributed by atoms with van der Waals surface area (Å²) >= 11 is 0. The van der Waals surface area contributed by atoms with Gasteiger partial charge >= 0.3 is 5.97 Å². The Morgan fingerprint density at radius 3 is 2.15 bits per heavy atom. The van der Waals surface area contributed by atoms with Crippen LogP contribution in [0.3, 0.4) is 0 Å². The molecule has 0 spiro atoms. The molecule has 0 aromatic heterocycles. The van der Waals surface area contributed by atoms with Crippen molar-refractivity contribution in [1.82, 2.24) is 0 Å². The first-order valence-corrected chi connectivity index (χ1v) is 9.32. The van der Waals surface area contributed by atoms with Gasteiger partial charge in [0.15, 0.2) is 6.10 Å². The first-order chi connectivity index (χ1) is 12.1. The number of carboxylic acids is 1. The number of hydrogen-bond donors (Lipinski definition) is 1. The van der Waals surface area contributed by atoms with E-state index in [4.69, 9.17) is 4.74 Å². The molecule has 0 aromatic carbocycles. The third-order valence-corrected chi connectivity index (χ3v) is 3.54. The van der Waals surface area contributed by atoms with E-state index in [-0.39, 0.29) is 12.8 Å². The van der Waals surface area contributed by atoms with E-state index in [0.29, 0.717) is 17.4 Å². The molecule has 0 fully saturated rings. The van der Waals surface area contributed by atoms with Gasteiger partial charge in [0.1, 0.15) is 6.54 Å². The normalized spacial score (nSPS) is 14.7. The summed E-state index contributed by atoms with van der Waals surface area (Å²) < 4.78 is 5.68. The van der Waals surface area contributed by atoms with Crippen LogP contribution in [0.1, 0.15) is 51.9 Å². The fraction of sp³-hybridized carbons (Fsp3) is 0.700. The zero-order valence-corrected chi connectivity index (χ0v) is 16.6. The fourth-order valence-electron chi connectivity index (χ4n) is 2.42. The average molecular weight is 370 g/mol. The standard InChI is InChI=1S/C20H35NO5/c1-5-6-7-8-9-10-11-12-13-17(22)14-20(25)26-18(15-19(23)24)16-21(2,3)4/h7-8,11-12,17-18,22H,5-6,9-10,13-16H2,1-4H3/b8-7+,12-11+. The SMILES string of the molecule is CCC/C=C/CC/C=C/CC(O)CC(=O)OC(CC(=O)[O-])C[N+](C)(C)C. The van der Waals surface area contributed by atoms with Crippen molar-refractivity contribution in [2.75, 3.05) is 27.7 Å². The monoisotopic (exact) mass is 369 g/mol. The molecule has 6 nitrogen and oxygen atoms in total. The van der Waals surface area contributed by atoms with E-state index in [0.717, 1.165) is 25.7 Å². The van der Waals surface area contributed by atoms with Crippen LogP contribution >= 0.6 is 0 Å². The van der Waals surface area contributed by atoms with Gasteiger partial charge in [0.2, 0.25) is 0 Å². The molecule has 0 aliphatic carbocycles. The molecular weight excluding hydrogens is 334 g/mol. The molecule has 0 radical (unpaired) electrons. The lowest BCUT2D eigenvalue weighted by molar-refractivity contribution is -0.873. The summed E-state index contributed by atoms with van der Waals surface area (Å²) in [6.07, 6.45) is 10.5. The largest absolute Gasteiger partial charge is 0.550 e. The molecule has 0 saturated carbocycles. The molecule has 26 heavy (non-hydrogen) atoms. The molecule has 2 atom stereocenters. The second-order valence-electron chi connectivity index (χ2n) is 7.56. The number of likely N-dealkylation sites (N-methyl/N-ethyl adjacent to an activating group) is 1. The Bertz CT molecular complexity index is 465. The minimum Gasteiger partial charge on any atom is -0.550 e. The molecule has 0 aliphatic rings. The van der Waals surface area contributed by atoms with Gasteiger partial charge in [-0.1, -0.05) is 37.6 Å². The minimum atomic E-state index is -1.26. The van der Waals surface area contributed by atoms with Crippen LogP contribution in [0.5, 0.6) is 0 Å². The van der Waals surface area contributed by atoms with E-state index in [1.54, 1.807) is 0 Å². The molecule has 0 bridgehead atoms. The van der Waals surface area contributed by atoms with Gasteiger partial charge in [0.25, 0.3) is 0 Å². The van der Waals surface area contributed by atoms with E-state index < -0.39 is 24.1 Å². The summed E-state index contributed by atoms with van der Waals surface area (Å²) in [6.45, 7) is 2.50. The lowest BCUT2D eigenvalue weighted by atomic mass is 10.1. The summed E-state index contributed by atoms with van der Waals surface area (Å²) in [7, 11) is 5.65. The van der Waals surface area contributed by atoms with Gasteiger partial charge in [-0.15, -0.1) is 0 Å². The van der Waals surface area contributed by atoms with Gasteiger partial charge < -0.3 is 24.2 Å². The van der Waals surface area contributed by atoms with Crippen molar-refractivity contribution < 1.29 is 29.0 Å². The summed E-state index contributed by atoms with van der Waals surface area (Å²) in [6, 6.07) is 0. The van der Waals surface area contributed by atoms with Crippen molar-refractivity contribution in [2.24, 2.45) is 0 Å². The smallest absolute Gasteiger partial charge is 0.308 e. The summed E-state index contributed by atoms with van der Waals surface area (Å²) in [4.78, 5) is 22.7. The Morgan fingerprint density at radius 2 is 1.62 bits per heavy atom. The molecule has 150 valence electrons. The van der Waals surface area contributed by atoms with Crippen LogP contribution in [0.4, 0.5) is 0 Å². The van der Waals surface area contributed by atoms with E-state index in [1.807, 2.05) is 33.3 Å². The highest BCUT2D eigenvalue weighted by atomic mass is 16.5. The molecule has 0 aliphatic heterocycles. The molecule has 0 heterocycles. The second-order valence-corrected chi connectivity index (χ2v) is 7.56. The second kappa shape index (κ2) is 13.5. The molecule has 0 amide bonds. The molecule has 1 N–H and O–H groups in total. The highest BCUT2D eigenvalue weighted by molar-refractivity contribution is 5.71. The van der Waals surface area contributed by atoms with Crippen LogP contribution in [-0.2, 0) is 14.3 Å². The molecule has 6 heteroatoms. The summed E-state index contributed by atoms with van der Waals surface area (Å²) in [5.74, 6) is -1.85. The van der Waals surface area contributed by atoms with Crippen LogP contribution in [-0.4, -0.2) is 61.4 Å². The molecule has 0 rings (SSSR count). The zero-order valence-electron chi connectivity index (χ0n) is 16.6. The third kappa shape index (κ3) is 15.8. The van der Waals surface area contributed by atoms with Crippen molar-refractivity contribution in [3.05, 3.63) is 24.3 Å². The van der Waals surface area contributed by atoms with Crippen molar-refractivity contribution in [1.29, 1.82) is 0 Å². The molecule has 0 saturated heterocycles. The third-order valence-electron chi connectivity index (χ3n) is 3.54. The van der Waals surface area contributed by atoms with Crippen molar-refractivity contribution in [2.45, 2.75) is 64.1 Å². The number of allylic oxidation sites excluding steroid dienone is 3. The van der Waals surface area contributed by atoms with Crippen molar-refractivity contribution in [3.8, 4) is 0 Å². The number of ether oxygens (including phenoxy) is 1. The maximum atomic E-state index is 11.9. The van der Waals surface area contributed by atoms with Crippen LogP contribution in [0.25, 0.3) is 0 Å². The number of aliphatic hydroxyl groups excluding tert-OH is 1. The number of unbranched alkanes of at least 4 members (excludes halogenated alkanes) is 2. The number of carbonyl (C=O) groups is 2. The topological polar surface area (TPSA) is 86.7 Å². The Labute approximate surface area is 157 Å². The number of hydrogen-bond acceptors (Lipinski definition) is 5. The first-order valence-electron chi connectivity index (χ1n) is 9.32. The van der Waals surface area contributed by atoms with Crippen molar-refractivity contribution >= 4 is 11.9 Å². The van der Waals surface area contributed by atoms with E-state index in [1.165, 1.54) is 0 Å². The van der Waals surface area contributed by atoms with Crippen LogP contribution in [0, 0.1) is 0 Å². The number of nitrogens with zero attached hydrogens (tertiary/aromatic N) is 1.